The number of benzene rings is 2. The van der Waals surface area contributed by atoms with Crippen molar-refractivity contribution in [2.24, 2.45) is 4.99 Å². The molecule has 0 aliphatic heterocycles. The summed E-state index contributed by atoms with van der Waals surface area (Å²) in [6.07, 6.45) is 1.13. The summed E-state index contributed by atoms with van der Waals surface area (Å²) < 4.78 is 31.1. The molecule has 10 heteroatoms. The van der Waals surface area contributed by atoms with Crippen molar-refractivity contribution < 1.29 is 22.7 Å². The lowest BCUT2D eigenvalue weighted by atomic mass is 10.2. The van der Waals surface area contributed by atoms with Crippen molar-refractivity contribution in [1.82, 2.24) is 4.57 Å². The van der Waals surface area contributed by atoms with E-state index in [0.29, 0.717) is 25.8 Å². The number of thiazole rings is 1. The number of fused-ring (bicyclic) bond motifs is 1. The fourth-order valence-corrected chi connectivity index (χ4v) is 5.67. The SMILES string of the molecule is CCOC(=O)Cn1c(=NC(=O)c2cccc(SC(C)C)c2)sc2cc(S(C)(=O)=O)ccc21. The summed E-state index contributed by atoms with van der Waals surface area (Å²) in [5, 5.41) is 0.371. The molecule has 2 aromatic carbocycles. The first kappa shape index (κ1) is 24.2. The lowest BCUT2D eigenvalue weighted by Gasteiger charge is -2.06. The molecule has 0 N–H and O–H groups in total. The number of carbonyl (C=O) groups excluding carboxylic acids is 2. The predicted molar refractivity (Wildman–Crippen MR) is 127 cm³/mol. The standard InChI is InChI=1S/C22H24N2O5S3/c1-5-29-20(25)13-24-18-10-9-17(32(4,27)28)12-19(18)31-22(24)23-21(26)15-7-6-8-16(11-15)30-14(2)3/h6-12,14H,5,13H2,1-4H3. The number of esters is 1. The molecule has 0 saturated carbocycles. The lowest BCUT2D eigenvalue weighted by Crippen LogP contribution is -2.23. The maximum absolute atomic E-state index is 12.9. The van der Waals surface area contributed by atoms with E-state index in [0.717, 1.165) is 22.5 Å². The van der Waals surface area contributed by atoms with Gasteiger partial charge >= 0.3 is 5.97 Å². The predicted octanol–water partition coefficient (Wildman–Crippen LogP) is 3.91. The second kappa shape index (κ2) is 10.0. The first-order valence-electron chi connectivity index (χ1n) is 9.93. The fraction of sp³-hybridized carbons (Fsp3) is 0.318. The van der Waals surface area contributed by atoms with E-state index >= 15 is 0 Å². The topological polar surface area (TPSA) is 94.8 Å². The van der Waals surface area contributed by atoms with Gasteiger partial charge < -0.3 is 9.30 Å². The van der Waals surface area contributed by atoms with Crippen LogP contribution in [0.3, 0.4) is 0 Å². The second-order valence-corrected chi connectivity index (χ2v) is 12.0. The third-order valence-corrected chi connectivity index (χ3v) is 7.47. The minimum Gasteiger partial charge on any atom is -0.465 e. The molecule has 1 amide bonds. The van der Waals surface area contributed by atoms with E-state index in [1.54, 1.807) is 41.5 Å². The smallest absolute Gasteiger partial charge is 0.326 e. The van der Waals surface area contributed by atoms with Crippen LogP contribution in [-0.2, 0) is 25.9 Å². The molecule has 0 radical (unpaired) electrons. The van der Waals surface area contributed by atoms with Crippen molar-refractivity contribution in [3.63, 3.8) is 0 Å². The minimum atomic E-state index is -3.40. The summed E-state index contributed by atoms with van der Waals surface area (Å²) in [7, 11) is -3.40. The van der Waals surface area contributed by atoms with E-state index < -0.39 is 21.7 Å². The molecule has 3 rings (SSSR count). The highest BCUT2D eigenvalue weighted by atomic mass is 32.2. The van der Waals surface area contributed by atoms with E-state index in [9.17, 15) is 18.0 Å². The highest BCUT2D eigenvalue weighted by molar-refractivity contribution is 7.99. The first-order chi connectivity index (χ1) is 15.1. The number of ether oxygens (including phenoxy) is 1. The molecule has 0 aliphatic rings. The Kier molecular flexibility index (Phi) is 7.58. The number of hydrogen-bond acceptors (Lipinski definition) is 7. The summed E-state index contributed by atoms with van der Waals surface area (Å²) >= 11 is 2.80. The molecule has 1 heterocycles. The van der Waals surface area contributed by atoms with E-state index in [2.05, 4.69) is 18.8 Å². The summed E-state index contributed by atoms with van der Waals surface area (Å²) in [6, 6.07) is 11.9. The van der Waals surface area contributed by atoms with Crippen LogP contribution in [0.4, 0.5) is 0 Å². The first-order valence-corrected chi connectivity index (χ1v) is 13.5. The number of nitrogens with zero attached hydrogens (tertiary/aromatic N) is 2. The number of rotatable bonds is 7. The summed E-state index contributed by atoms with van der Waals surface area (Å²) in [4.78, 5) is 30.8. The Hall–Kier alpha value is -2.43. The molecule has 0 atom stereocenters. The molecule has 170 valence electrons. The monoisotopic (exact) mass is 492 g/mol. The minimum absolute atomic E-state index is 0.137. The average molecular weight is 493 g/mol. The maximum atomic E-state index is 12.9. The van der Waals surface area contributed by atoms with Crippen LogP contribution in [0.5, 0.6) is 0 Å². The van der Waals surface area contributed by atoms with Crippen molar-refractivity contribution >= 4 is 55.0 Å². The average Bonchev–Trinajstić information content (AvgIpc) is 3.03. The van der Waals surface area contributed by atoms with Crippen LogP contribution in [0, 0.1) is 0 Å². The molecule has 0 spiro atoms. The van der Waals surface area contributed by atoms with Gasteiger partial charge in [-0.15, -0.1) is 11.8 Å². The van der Waals surface area contributed by atoms with Gasteiger partial charge in [0.05, 0.1) is 21.7 Å². The quantitative estimate of drug-likeness (QED) is 0.367. The molecule has 0 bridgehead atoms. The molecular formula is C22H24N2O5S3. The van der Waals surface area contributed by atoms with E-state index in [1.807, 2.05) is 12.1 Å². The Morgan fingerprint density at radius 3 is 2.59 bits per heavy atom. The zero-order valence-corrected chi connectivity index (χ0v) is 20.6. The number of amides is 1. The van der Waals surface area contributed by atoms with Gasteiger partial charge in [-0.3, -0.25) is 9.59 Å². The van der Waals surface area contributed by atoms with Crippen LogP contribution in [0.15, 0.2) is 57.2 Å². The maximum Gasteiger partial charge on any atom is 0.326 e. The molecule has 0 unspecified atom stereocenters. The van der Waals surface area contributed by atoms with Crippen LogP contribution in [-0.4, -0.2) is 43.0 Å². The molecule has 0 fully saturated rings. The molecule has 0 saturated heterocycles. The summed E-state index contributed by atoms with van der Waals surface area (Å²) in [6.45, 7) is 5.95. The highest BCUT2D eigenvalue weighted by Crippen LogP contribution is 2.24. The Morgan fingerprint density at radius 1 is 1.19 bits per heavy atom. The molecule has 32 heavy (non-hydrogen) atoms. The lowest BCUT2D eigenvalue weighted by molar-refractivity contribution is -0.143. The zero-order chi connectivity index (χ0) is 23.5. The second-order valence-electron chi connectivity index (χ2n) is 7.29. The number of sulfone groups is 1. The normalized spacial score (nSPS) is 12.5. The molecule has 3 aromatic rings. The number of thioether (sulfide) groups is 1. The molecule has 7 nitrogen and oxygen atoms in total. The van der Waals surface area contributed by atoms with Gasteiger partial charge in [0.15, 0.2) is 14.6 Å². The van der Waals surface area contributed by atoms with Crippen LogP contribution < -0.4 is 4.80 Å². The Bertz CT molecular complexity index is 1340. The van der Waals surface area contributed by atoms with Gasteiger partial charge in [-0.2, -0.15) is 4.99 Å². The van der Waals surface area contributed by atoms with Crippen LogP contribution >= 0.6 is 23.1 Å². The van der Waals surface area contributed by atoms with Crippen molar-refractivity contribution in [2.45, 2.75) is 42.4 Å². The zero-order valence-electron chi connectivity index (χ0n) is 18.2. The van der Waals surface area contributed by atoms with Gasteiger partial charge in [-0.05, 0) is 43.3 Å². The van der Waals surface area contributed by atoms with Gasteiger partial charge in [0.2, 0.25) is 0 Å². The fourth-order valence-electron chi connectivity index (χ4n) is 2.98. The molecule has 0 aliphatic carbocycles. The van der Waals surface area contributed by atoms with Gasteiger partial charge in [0.25, 0.3) is 5.91 Å². The number of hydrogen-bond donors (Lipinski definition) is 0. The van der Waals surface area contributed by atoms with Crippen LogP contribution in [0.2, 0.25) is 0 Å². The van der Waals surface area contributed by atoms with Gasteiger partial charge in [-0.1, -0.05) is 31.3 Å². The highest BCUT2D eigenvalue weighted by Gasteiger charge is 2.16. The largest absolute Gasteiger partial charge is 0.465 e. The van der Waals surface area contributed by atoms with E-state index in [-0.39, 0.29) is 18.0 Å². The molecular weight excluding hydrogens is 468 g/mol. The van der Waals surface area contributed by atoms with Crippen molar-refractivity contribution in [3.8, 4) is 0 Å². The van der Waals surface area contributed by atoms with Crippen LogP contribution in [0.25, 0.3) is 10.2 Å². The van der Waals surface area contributed by atoms with Gasteiger partial charge in [0, 0.05) is 22.0 Å². The van der Waals surface area contributed by atoms with Crippen LogP contribution in [0.1, 0.15) is 31.1 Å². The summed E-state index contributed by atoms with van der Waals surface area (Å²) in [5.74, 6) is -0.910. The van der Waals surface area contributed by atoms with Crippen molar-refractivity contribution in [1.29, 1.82) is 0 Å². The van der Waals surface area contributed by atoms with E-state index in [1.165, 1.54) is 12.1 Å². The number of carbonyl (C=O) groups is 2. The van der Waals surface area contributed by atoms with Gasteiger partial charge in [-0.25, -0.2) is 8.42 Å². The third kappa shape index (κ3) is 5.87. The van der Waals surface area contributed by atoms with Gasteiger partial charge in [0.1, 0.15) is 6.54 Å². The number of aromatic nitrogens is 1. The summed E-state index contributed by atoms with van der Waals surface area (Å²) in [5.41, 5.74) is 1.04. The Labute approximate surface area is 195 Å². The van der Waals surface area contributed by atoms with E-state index in [4.69, 9.17) is 4.74 Å². The van der Waals surface area contributed by atoms with Crippen molar-refractivity contribution in [2.75, 3.05) is 12.9 Å². The third-order valence-electron chi connectivity index (χ3n) is 4.32. The van der Waals surface area contributed by atoms with Crippen molar-refractivity contribution in [3.05, 3.63) is 52.8 Å². The molecule has 1 aromatic heterocycles. The Morgan fingerprint density at radius 2 is 1.94 bits per heavy atom. The Balaban J connectivity index is 2.11.